The third-order valence-corrected chi connectivity index (χ3v) is 6.51. The Kier molecular flexibility index (Phi) is 6.76. The zero-order chi connectivity index (χ0) is 23.7. The van der Waals surface area contributed by atoms with Crippen LogP contribution in [0.5, 0.6) is 11.6 Å². The lowest BCUT2D eigenvalue weighted by Crippen LogP contribution is -2.33. The lowest BCUT2D eigenvalue weighted by molar-refractivity contribution is -0.140. The number of aryl methyl sites for hydroxylation is 1. The third-order valence-electron chi connectivity index (χ3n) is 4.61. The lowest BCUT2D eigenvalue weighted by atomic mass is 10.2. The van der Waals surface area contributed by atoms with Gasteiger partial charge in [0.25, 0.3) is 5.91 Å². The average molecular weight is 520 g/mol. The maximum atomic E-state index is 12.8. The summed E-state index contributed by atoms with van der Waals surface area (Å²) in [5, 5.41) is 14.4. The molecule has 33 heavy (non-hydrogen) atoms. The highest BCUT2D eigenvalue weighted by Gasteiger charge is 2.34. The van der Waals surface area contributed by atoms with Crippen LogP contribution in [-0.2, 0) is 9.59 Å². The number of ether oxygens (including phenoxy) is 1. The van der Waals surface area contributed by atoms with E-state index in [1.807, 2.05) is 30.3 Å². The Bertz CT molecular complexity index is 1310. The molecule has 1 N–H and O–H groups in total. The molecule has 0 radical (unpaired) electrons. The maximum Gasteiger partial charge on any atom is 0.323 e. The molecule has 4 rings (SSSR count). The average Bonchev–Trinajstić information content (AvgIpc) is 3.21. The van der Waals surface area contributed by atoms with Crippen LogP contribution < -0.4 is 4.74 Å². The second-order valence-corrected chi connectivity index (χ2v) is 9.41. The summed E-state index contributed by atoms with van der Waals surface area (Å²) in [7, 11) is 0. The molecule has 1 aromatic heterocycles. The zero-order valence-electron chi connectivity index (χ0n) is 17.0. The van der Waals surface area contributed by atoms with Crippen LogP contribution in [0.3, 0.4) is 0 Å². The minimum Gasteiger partial charge on any atom is -0.480 e. The molecule has 2 aromatic carbocycles. The van der Waals surface area contributed by atoms with Crippen molar-refractivity contribution < 1.29 is 19.4 Å². The molecule has 1 saturated heterocycles. The fourth-order valence-electron chi connectivity index (χ4n) is 3.09. The van der Waals surface area contributed by atoms with E-state index < -0.39 is 18.4 Å². The number of carboxylic acid groups (broad SMARTS) is 1. The molecule has 0 atom stereocenters. The molecule has 11 heteroatoms. The summed E-state index contributed by atoms with van der Waals surface area (Å²) in [5.74, 6) is -0.964. The third kappa shape index (κ3) is 4.91. The van der Waals surface area contributed by atoms with Gasteiger partial charge in [0.15, 0.2) is 0 Å². The highest BCUT2D eigenvalue weighted by molar-refractivity contribution is 8.26. The molecule has 3 aromatic rings. The van der Waals surface area contributed by atoms with Gasteiger partial charge in [-0.15, -0.1) is 0 Å². The molecular weight excluding hydrogens is 505 g/mol. The van der Waals surface area contributed by atoms with Gasteiger partial charge in [-0.2, -0.15) is 9.78 Å². The number of rotatable bonds is 6. The van der Waals surface area contributed by atoms with Gasteiger partial charge in [0.05, 0.1) is 26.9 Å². The van der Waals surface area contributed by atoms with Gasteiger partial charge in [0, 0.05) is 5.02 Å². The van der Waals surface area contributed by atoms with Gasteiger partial charge in [-0.05, 0) is 43.3 Å². The van der Waals surface area contributed by atoms with E-state index in [4.69, 9.17) is 45.3 Å². The number of para-hydroxylation sites is 1. The Labute approximate surface area is 208 Å². The second kappa shape index (κ2) is 9.56. The maximum absolute atomic E-state index is 12.8. The van der Waals surface area contributed by atoms with Gasteiger partial charge >= 0.3 is 5.97 Å². The summed E-state index contributed by atoms with van der Waals surface area (Å²) in [5.41, 5.74) is 1.85. The zero-order valence-corrected chi connectivity index (χ0v) is 20.1. The molecule has 1 aliphatic heterocycles. The van der Waals surface area contributed by atoms with Gasteiger partial charge in [0.2, 0.25) is 5.88 Å². The smallest absolute Gasteiger partial charge is 0.323 e. The van der Waals surface area contributed by atoms with Crippen molar-refractivity contribution >= 4 is 69.5 Å². The van der Waals surface area contributed by atoms with Gasteiger partial charge in [-0.25, -0.2) is 0 Å². The number of carboxylic acids is 1. The number of benzene rings is 2. The lowest BCUT2D eigenvalue weighted by Gasteiger charge is -2.12. The number of thioether (sulfide) groups is 1. The highest BCUT2D eigenvalue weighted by Crippen LogP contribution is 2.39. The van der Waals surface area contributed by atoms with E-state index in [2.05, 4.69) is 5.10 Å². The normalized spacial score (nSPS) is 14.9. The van der Waals surface area contributed by atoms with Gasteiger partial charge in [-0.3, -0.25) is 14.5 Å². The van der Waals surface area contributed by atoms with E-state index in [1.54, 1.807) is 35.9 Å². The molecule has 1 amide bonds. The number of halogens is 2. The number of hydrogen-bond acceptors (Lipinski definition) is 6. The Balaban J connectivity index is 1.82. The standard InChI is InChI=1S/C22H15Cl2N3O4S2/c1-12-15(10-18-20(30)26(11-19(28)29)22(32)33-18)21(27(25-12)14-5-3-2-4-6-14)31-17-8-7-13(23)9-16(17)24/h2-10H,11H2,1H3,(H,28,29)/b18-10-. The minimum absolute atomic E-state index is 0.171. The van der Waals surface area contributed by atoms with Crippen molar-refractivity contribution in [3.63, 3.8) is 0 Å². The molecular formula is C22H15Cl2N3O4S2. The van der Waals surface area contributed by atoms with E-state index in [-0.39, 0.29) is 9.23 Å². The second-order valence-electron chi connectivity index (χ2n) is 6.89. The number of thiocarbonyl (C=S) groups is 1. The number of nitrogens with zero attached hydrogens (tertiary/aromatic N) is 3. The summed E-state index contributed by atoms with van der Waals surface area (Å²) >= 11 is 18.5. The summed E-state index contributed by atoms with van der Waals surface area (Å²) in [6.07, 6.45) is 1.60. The van der Waals surface area contributed by atoms with Crippen LogP contribution in [0.4, 0.5) is 0 Å². The molecule has 168 valence electrons. The van der Waals surface area contributed by atoms with Crippen LogP contribution in [-0.4, -0.2) is 42.5 Å². The van der Waals surface area contributed by atoms with Crippen molar-refractivity contribution in [2.75, 3.05) is 6.54 Å². The van der Waals surface area contributed by atoms with Crippen LogP contribution in [0.25, 0.3) is 11.8 Å². The fraction of sp³-hybridized carbons (Fsp3) is 0.0909. The summed E-state index contributed by atoms with van der Waals surface area (Å²) in [6.45, 7) is 1.27. The van der Waals surface area contributed by atoms with Gasteiger partial charge < -0.3 is 9.84 Å². The van der Waals surface area contributed by atoms with Crippen molar-refractivity contribution in [1.82, 2.24) is 14.7 Å². The van der Waals surface area contributed by atoms with Crippen molar-refractivity contribution in [1.29, 1.82) is 0 Å². The quantitative estimate of drug-likeness (QED) is 0.336. The molecule has 0 spiro atoms. The van der Waals surface area contributed by atoms with Crippen LogP contribution in [0.1, 0.15) is 11.3 Å². The minimum atomic E-state index is -1.15. The SMILES string of the molecule is Cc1nn(-c2ccccc2)c(Oc2ccc(Cl)cc2Cl)c1/C=C1\SC(=S)N(CC(=O)O)C1=O. The van der Waals surface area contributed by atoms with Crippen molar-refractivity contribution in [3.05, 3.63) is 74.7 Å². The molecule has 1 fully saturated rings. The predicted molar refractivity (Wildman–Crippen MR) is 132 cm³/mol. The molecule has 0 bridgehead atoms. The predicted octanol–water partition coefficient (Wildman–Crippen LogP) is 5.57. The number of carbonyl (C=O) groups is 2. The Morgan fingerprint density at radius 2 is 1.97 bits per heavy atom. The first-order valence-electron chi connectivity index (χ1n) is 9.49. The van der Waals surface area contributed by atoms with E-state index in [0.29, 0.717) is 32.9 Å². The number of amides is 1. The highest BCUT2D eigenvalue weighted by atomic mass is 35.5. The summed E-state index contributed by atoms with van der Waals surface area (Å²) in [6, 6.07) is 14.2. The molecule has 0 aliphatic carbocycles. The largest absolute Gasteiger partial charge is 0.480 e. The number of carbonyl (C=O) groups excluding carboxylic acids is 1. The molecule has 0 saturated carbocycles. The van der Waals surface area contributed by atoms with Crippen molar-refractivity contribution in [2.24, 2.45) is 0 Å². The Morgan fingerprint density at radius 1 is 1.24 bits per heavy atom. The molecule has 7 nitrogen and oxygen atoms in total. The number of hydrogen-bond donors (Lipinski definition) is 1. The topological polar surface area (TPSA) is 84.7 Å². The Hall–Kier alpha value is -2.85. The molecule has 1 aliphatic rings. The van der Waals surface area contributed by atoms with Crippen LogP contribution in [0, 0.1) is 6.92 Å². The van der Waals surface area contributed by atoms with E-state index in [1.165, 1.54) is 0 Å². The van der Waals surface area contributed by atoms with Crippen molar-refractivity contribution in [2.45, 2.75) is 6.92 Å². The van der Waals surface area contributed by atoms with Crippen LogP contribution in [0.15, 0.2) is 53.4 Å². The first-order valence-corrected chi connectivity index (χ1v) is 11.5. The summed E-state index contributed by atoms with van der Waals surface area (Å²) < 4.78 is 7.94. The van der Waals surface area contributed by atoms with Gasteiger partial charge in [-0.1, -0.05) is 65.4 Å². The van der Waals surface area contributed by atoms with Gasteiger partial charge in [0.1, 0.15) is 16.6 Å². The monoisotopic (exact) mass is 519 g/mol. The van der Waals surface area contributed by atoms with E-state index in [0.717, 1.165) is 22.3 Å². The number of aliphatic carboxylic acids is 1. The fourth-order valence-corrected chi connectivity index (χ4v) is 4.78. The number of aromatic nitrogens is 2. The first-order chi connectivity index (χ1) is 15.7. The first kappa shape index (κ1) is 23.3. The Morgan fingerprint density at radius 3 is 2.64 bits per heavy atom. The van der Waals surface area contributed by atoms with Crippen LogP contribution in [0.2, 0.25) is 10.0 Å². The molecule has 0 unspecified atom stereocenters. The van der Waals surface area contributed by atoms with E-state index in [9.17, 15) is 9.59 Å². The van der Waals surface area contributed by atoms with E-state index >= 15 is 0 Å². The molecule has 2 heterocycles. The van der Waals surface area contributed by atoms with Crippen LogP contribution >= 0.6 is 47.2 Å². The summed E-state index contributed by atoms with van der Waals surface area (Å²) in [4.78, 5) is 25.2. The van der Waals surface area contributed by atoms with Crippen molar-refractivity contribution in [3.8, 4) is 17.3 Å².